The molecule has 0 aliphatic carbocycles. The third-order valence-electron chi connectivity index (χ3n) is 2.67. The van der Waals surface area contributed by atoms with Crippen LogP contribution in [-0.2, 0) is 16.0 Å². The van der Waals surface area contributed by atoms with Crippen LogP contribution in [0.3, 0.4) is 0 Å². The molecule has 0 aromatic heterocycles. The molecule has 1 unspecified atom stereocenters. The molecule has 0 amide bonds. The summed E-state index contributed by atoms with van der Waals surface area (Å²) in [7, 11) is 0. The molecule has 1 fully saturated rings. The van der Waals surface area contributed by atoms with Crippen molar-refractivity contribution >= 4 is 17.6 Å². The van der Waals surface area contributed by atoms with Gasteiger partial charge in [0.2, 0.25) is 0 Å². The molecule has 2 rings (SSSR count). The first-order chi connectivity index (χ1) is 8.56. The SMILES string of the molecule is NC(Cc1ccc(OC2COC2)c(Cl)c1)C(=O)O. The van der Waals surface area contributed by atoms with Crippen molar-refractivity contribution < 1.29 is 19.4 Å². The molecule has 0 radical (unpaired) electrons. The molecule has 1 aromatic rings. The van der Waals surface area contributed by atoms with Crippen molar-refractivity contribution in [3.8, 4) is 5.75 Å². The maximum absolute atomic E-state index is 10.7. The van der Waals surface area contributed by atoms with Gasteiger partial charge in [-0.1, -0.05) is 17.7 Å². The molecule has 5 nitrogen and oxygen atoms in total. The molecule has 1 saturated heterocycles. The molecule has 98 valence electrons. The van der Waals surface area contributed by atoms with Crippen molar-refractivity contribution in [2.45, 2.75) is 18.6 Å². The summed E-state index contributed by atoms with van der Waals surface area (Å²) in [4.78, 5) is 10.7. The van der Waals surface area contributed by atoms with E-state index in [9.17, 15) is 4.79 Å². The van der Waals surface area contributed by atoms with Crippen LogP contribution in [0.1, 0.15) is 5.56 Å². The van der Waals surface area contributed by atoms with E-state index in [-0.39, 0.29) is 12.5 Å². The highest BCUT2D eigenvalue weighted by molar-refractivity contribution is 6.32. The second kappa shape index (κ2) is 5.56. The smallest absolute Gasteiger partial charge is 0.320 e. The van der Waals surface area contributed by atoms with Crippen LogP contribution in [0.5, 0.6) is 5.75 Å². The summed E-state index contributed by atoms with van der Waals surface area (Å²) in [6, 6.07) is 4.25. The van der Waals surface area contributed by atoms with Crippen LogP contribution < -0.4 is 10.5 Å². The number of halogens is 1. The molecule has 3 N–H and O–H groups in total. The lowest BCUT2D eigenvalue weighted by molar-refractivity contribution is -0.138. The summed E-state index contributed by atoms with van der Waals surface area (Å²) >= 11 is 6.06. The van der Waals surface area contributed by atoms with E-state index in [1.807, 2.05) is 0 Å². The predicted octanol–water partition coefficient (Wildman–Crippen LogP) is 1.07. The predicted molar refractivity (Wildman–Crippen MR) is 66.0 cm³/mol. The van der Waals surface area contributed by atoms with Crippen LogP contribution in [-0.4, -0.2) is 36.4 Å². The molecule has 6 heteroatoms. The number of carboxylic acid groups (broad SMARTS) is 1. The van der Waals surface area contributed by atoms with E-state index in [1.54, 1.807) is 18.2 Å². The molecule has 1 aromatic carbocycles. The molecule has 1 heterocycles. The third-order valence-corrected chi connectivity index (χ3v) is 2.97. The fourth-order valence-corrected chi connectivity index (χ4v) is 1.82. The maximum Gasteiger partial charge on any atom is 0.320 e. The standard InChI is InChI=1S/C12H14ClNO4/c13-9-3-7(4-10(14)12(15)16)1-2-11(9)18-8-5-17-6-8/h1-3,8,10H,4-6,14H2,(H,15,16). The summed E-state index contributed by atoms with van der Waals surface area (Å²) in [5, 5.41) is 9.18. The Morgan fingerprint density at radius 2 is 2.33 bits per heavy atom. The fraction of sp³-hybridized carbons (Fsp3) is 0.417. The van der Waals surface area contributed by atoms with E-state index in [0.717, 1.165) is 5.56 Å². The number of benzene rings is 1. The Bertz CT molecular complexity index is 448. The van der Waals surface area contributed by atoms with Gasteiger partial charge in [-0.2, -0.15) is 0 Å². The monoisotopic (exact) mass is 271 g/mol. The summed E-state index contributed by atoms with van der Waals surface area (Å²) in [6.07, 6.45) is 0.289. The van der Waals surface area contributed by atoms with Crippen LogP contribution in [0.2, 0.25) is 5.02 Å². The lowest BCUT2D eigenvalue weighted by Gasteiger charge is -2.27. The number of aliphatic carboxylic acids is 1. The number of nitrogens with two attached hydrogens (primary N) is 1. The van der Waals surface area contributed by atoms with E-state index in [1.165, 1.54) is 0 Å². The Morgan fingerprint density at radius 1 is 1.61 bits per heavy atom. The van der Waals surface area contributed by atoms with Crippen molar-refractivity contribution in [2.24, 2.45) is 5.73 Å². The molecular weight excluding hydrogens is 258 g/mol. The quantitative estimate of drug-likeness (QED) is 0.837. The van der Waals surface area contributed by atoms with Gasteiger partial charge in [0.15, 0.2) is 0 Å². The van der Waals surface area contributed by atoms with E-state index in [2.05, 4.69) is 0 Å². The minimum atomic E-state index is -1.03. The topological polar surface area (TPSA) is 81.8 Å². The average Bonchev–Trinajstić information content (AvgIpc) is 2.25. The van der Waals surface area contributed by atoms with Crippen LogP contribution in [0, 0.1) is 0 Å². The van der Waals surface area contributed by atoms with Gasteiger partial charge in [-0.25, -0.2) is 0 Å². The number of rotatable bonds is 5. The zero-order valence-corrected chi connectivity index (χ0v) is 10.4. The van der Waals surface area contributed by atoms with E-state index >= 15 is 0 Å². The lowest BCUT2D eigenvalue weighted by Crippen LogP contribution is -2.38. The molecule has 1 aliphatic rings. The highest BCUT2D eigenvalue weighted by Gasteiger charge is 2.21. The van der Waals surface area contributed by atoms with Gasteiger partial charge in [0, 0.05) is 0 Å². The van der Waals surface area contributed by atoms with Gasteiger partial charge >= 0.3 is 5.97 Å². The Morgan fingerprint density at radius 3 is 2.83 bits per heavy atom. The van der Waals surface area contributed by atoms with Crippen LogP contribution in [0.25, 0.3) is 0 Å². The third kappa shape index (κ3) is 3.13. The average molecular weight is 272 g/mol. The van der Waals surface area contributed by atoms with E-state index in [0.29, 0.717) is 24.0 Å². The minimum absolute atomic E-state index is 0.0506. The Labute approximate surface area is 109 Å². The number of hydrogen-bond acceptors (Lipinski definition) is 4. The van der Waals surface area contributed by atoms with Gasteiger partial charge in [-0.05, 0) is 24.1 Å². The van der Waals surface area contributed by atoms with Gasteiger partial charge in [-0.3, -0.25) is 4.79 Å². The summed E-state index contributed by atoms with van der Waals surface area (Å²) in [6.45, 7) is 1.14. The second-order valence-electron chi connectivity index (χ2n) is 4.19. The van der Waals surface area contributed by atoms with Gasteiger partial charge in [0.1, 0.15) is 17.9 Å². The van der Waals surface area contributed by atoms with Gasteiger partial charge in [0.05, 0.1) is 18.2 Å². The zero-order chi connectivity index (χ0) is 13.1. The Balaban J connectivity index is 2.01. The van der Waals surface area contributed by atoms with E-state index in [4.69, 9.17) is 31.9 Å². The fourth-order valence-electron chi connectivity index (χ4n) is 1.57. The van der Waals surface area contributed by atoms with Crippen molar-refractivity contribution in [1.82, 2.24) is 0 Å². The summed E-state index contributed by atoms with van der Waals surface area (Å²) < 4.78 is 10.6. The van der Waals surface area contributed by atoms with Crippen molar-refractivity contribution in [2.75, 3.05) is 13.2 Å². The highest BCUT2D eigenvalue weighted by atomic mass is 35.5. The summed E-state index contributed by atoms with van der Waals surface area (Å²) in [5.41, 5.74) is 6.23. The number of carboxylic acids is 1. The van der Waals surface area contributed by atoms with Crippen LogP contribution >= 0.6 is 11.6 Å². The second-order valence-corrected chi connectivity index (χ2v) is 4.60. The number of hydrogen-bond donors (Lipinski definition) is 2. The summed E-state index contributed by atoms with van der Waals surface area (Å²) in [5.74, 6) is -0.448. The van der Waals surface area contributed by atoms with Crippen molar-refractivity contribution in [3.63, 3.8) is 0 Å². The number of ether oxygens (including phenoxy) is 2. The number of carbonyl (C=O) groups is 1. The molecule has 1 aliphatic heterocycles. The largest absolute Gasteiger partial charge is 0.484 e. The maximum atomic E-state index is 10.7. The Kier molecular flexibility index (Phi) is 4.06. The zero-order valence-electron chi connectivity index (χ0n) is 9.64. The first-order valence-electron chi connectivity index (χ1n) is 5.57. The van der Waals surface area contributed by atoms with Gasteiger partial charge < -0.3 is 20.3 Å². The van der Waals surface area contributed by atoms with Crippen LogP contribution in [0.4, 0.5) is 0 Å². The minimum Gasteiger partial charge on any atom is -0.484 e. The molecule has 0 saturated carbocycles. The first kappa shape index (κ1) is 13.1. The highest BCUT2D eigenvalue weighted by Crippen LogP contribution is 2.28. The van der Waals surface area contributed by atoms with Gasteiger partial charge in [0.25, 0.3) is 0 Å². The molecule has 18 heavy (non-hydrogen) atoms. The molecule has 1 atom stereocenters. The van der Waals surface area contributed by atoms with Crippen molar-refractivity contribution in [3.05, 3.63) is 28.8 Å². The molecular formula is C12H14ClNO4. The van der Waals surface area contributed by atoms with Crippen LogP contribution in [0.15, 0.2) is 18.2 Å². The Hall–Kier alpha value is -1.30. The first-order valence-corrected chi connectivity index (χ1v) is 5.95. The molecule has 0 bridgehead atoms. The van der Waals surface area contributed by atoms with Gasteiger partial charge in [-0.15, -0.1) is 0 Å². The normalized spacial score (nSPS) is 17.0. The van der Waals surface area contributed by atoms with E-state index < -0.39 is 12.0 Å². The lowest BCUT2D eigenvalue weighted by atomic mass is 10.1. The molecule has 0 spiro atoms. The van der Waals surface area contributed by atoms with Crippen molar-refractivity contribution in [1.29, 1.82) is 0 Å².